The fourth-order valence-electron chi connectivity index (χ4n) is 2.66. The van der Waals surface area contributed by atoms with Gasteiger partial charge in [-0.25, -0.2) is 4.98 Å². The Morgan fingerprint density at radius 1 is 1.32 bits per heavy atom. The Morgan fingerprint density at radius 3 is 3.21 bits per heavy atom. The van der Waals surface area contributed by atoms with Crippen molar-refractivity contribution in [2.45, 2.75) is 19.8 Å². The van der Waals surface area contributed by atoms with Gasteiger partial charge in [-0.3, -0.25) is 0 Å². The summed E-state index contributed by atoms with van der Waals surface area (Å²) in [4.78, 5) is 6.93. The molecule has 0 radical (unpaired) electrons. The van der Waals surface area contributed by atoms with Gasteiger partial charge in [0.15, 0.2) is 11.5 Å². The molecule has 0 aliphatic carbocycles. The zero-order chi connectivity index (χ0) is 13.1. The number of rotatable bonds is 3. The summed E-state index contributed by atoms with van der Waals surface area (Å²) in [6, 6.07) is 6.35. The first kappa shape index (κ1) is 12.6. The summed E-state index contributed by atoms with van der Waals surface area (Å²) in [6.07, 6.45) is 2.34. The number of hydrogen-bond donors (Lipinski definition) is 1. The summed E-state index contributed by atoms with van der Waals surface area (Å²) in [6.45, 7) is 7.65. The number of aromatic nitrogens is 1. The largest absolute Gasteiger partial charge is 0.441 e. The first-order valence-electron chi connectivity index (χ1n) is 7.10. The fourth-order valence-corrected chi connectivity index (χ4v) is 2.66. The van der Waals surface area contributed by atoms with Crippen LogP contribution in [-0.4, -0.2) is 42.6 Å². The molecule has 1 N–H and O–H groups in total. The van der Waals surface area contributed by atoms with Crippen molar-refractivity contribution >= 4 is 11.1 Å². The lowest BCUT2D eigenvalue weighted by molar-refractivity contribution is 0.296. The number of aryl methyl sites for hydroxylation is 1. The molecule has 0 saturated carbocycles. The minimum Gasteiger partial charge on any atom is -0.441 e. The van der Waals surface area contributed by atoms with Crippen molar-refractivity contribution in [3.63, 3.8) is 0 Å². The van der Waals surface area contributed by atoms with E-state index in [-0.39, 0.29) is 0 Å². The second-order valence-corrected chi connectivity index (χ2v) is 5.23. The van der Waals surface area contributed by atoms with Crippen molar-refractivity contribution in [2.75, 3.05) is 32.7 Å². The van der Waals surface area contributed by atoms with Crippen molar-refractivity contribution < 1.29 is 4.42 Å². The number of benzene rings is 1. The van der Waals surface area contributed by atoms with Crippen LogP contribution in [0.5, 0.6) is 0 Å². The van der Waals surface area contributed by atoms with Crippen LogP contribution in [0.3, 0.4) is 0 Å². The lowest BCUT2D eigenvalue weighted by atomic mass is 10.1. The normalized spacial score (nSPS) is 17.7. The van der Waals surface area contributed by atoms with Gasteiger partial charge in [-0.1, -0.05) is 6.07 Å². The highest BCUT2D eigenvalue weighted by molar-refractivity contribution is 5.73. The Hall–Kier alpha value is -1.39. The molecular weight excluding hydrogens is 238 g/mol. The van der Waals surface area contributed by atoms with Crippen LogP contribution >= 0.6 is 0 Å². The van der Waals surface area contributed by atoms with Crippen LogP contribution in [0.25, 0.3) is 11.1 Å². The quantitative estimate of drug-likeness (QED) is 0.915. The fraction of sp³-hybridized carbons (Fsp3) is 0.533. The molecule has 0 atom stereocenters. The average molecular weight is 259 g/mol. The molecule has 4 heteroatoms. The van der Waals surface area contributed by atoms with Gasteiger partial charge in [-0.15, -0.1) is 0 Å². The van der Waals surface area contributed by atoms with E-state index in [1.807, 2.05) is 13.0 Å². The number of nitrogens with zero attached hydrogens (tertiary/aromatic N) is 2. The third-order valence-electron chi connectivity index (χ3n) is 3.71. The van der Waals surface area contributed by atoms with Crippen molar-refractivity contribution in [1.29, 1.82) is 0 Å². The van der Waals surface area contributed by atoms with E-state index in [1.165, 1.54) is 18.5 Å². The summed E-state index contributed by atoms with van der Waals surface area (Å²) in [7, 11) is 0. The smallest absolute Gasteiger partial charge is 0.192 e. The highest BCUT2D eigenvalue weighted by Crippen LogP contribution is 2.17. The Kier molecular flexibility index (Phi) is 3.80. The minimum absolute atomic E-state index is 0.741. The Balaban J connectivity index is 1.64. The number of hydrogen-bond acceptors (Lipinski definition) is 4. The summed E-state index contributed by atoms with van der Waals surface area (Å²) < 4.78 is 5.50. The van der Waals surface area contributed by atoms with Gasteiger partial charge in [-0.05, 0) is 43.6 Å². The first-order chi connectivity index (χ1) is 9.31. The highest BCUT2D eigenvalue weighted by atomic mass is 16.3. The Labute approximate surface area is 113 Å². The zero-order valence-corrected chi connectivity index (χ0v) is 11.5. The van der Waals surface area contributed by atoms with Crippen LogP contribution in [0, 0.1) is 6.92 Å². The first-order valence-corrected chi connectivity index (χ1v) is 7.10. The maximum atomic E-state index is 5.50. The van der Waals surface area contributed by atoms with Crippen molar-refractivity contribution in [2.24, 2.45) is 0 Å². The molecule has 1 saturated heterocycles. The van der Waals surface area contributed by atoms with Gasteiger partial charge in [0.25, 0.3) is 0 Å². The van der Waals surface area contributed by atoms with Crippen LogP contribution < -0.4 is 5.32 Å². The molecule has 1 aromatic heterocycles. The molecule has 0 bridgehead atoms. The summed E-state index contributed by atoms with van der Waals surface area (Å²) in [5, 5.41) is 3.44. The van der Waals surface area contributed by atoms with Gasteiger partial charge < -0.3 is 14.6 Å². The maximum absolute atomic E-state index is 5.50. The van der Waals surface area contributed by atoms with Crippen LogP contribution in [-0.2, 0) is 6.42 Å². The SMILES string of the molecule is Cc1nc2cc(CCN3CCCNCC3)ccc2o1. The molecule has 1 aromatic carbocycles. The van der Waals surface area contributed by atoms with Gasteiger partial charge >= 0.3 is 0 Å². The second kappa shape index (κ2) is 5.72. The second-order valence-electron chi connectivity index (χ2n) is 5.23. The van der Waals surface area contributed by atoms with Gasteiger partial charge in [0.05, 0.1) is 0 Å². The third-order valence-corrected chi connectivity index (χ3v) is 3.71. The van der Waals surface area contributed by atoms with Crippen LogP contribution in [0.2, 0.25) is 0 Å². The molecule has 2 heterocycles. The monoisotopic (exact) mass is 259 g/mol. The van der Waals surface area contributed by atoms with Crippen molar-refractivity contribution in [1.82, 2.24) is 15.2 Å². The Bertz CT molecular complexity index is 541. The minimum atomic E-state index is 0.741. The van der Waals surface area contributed by atoms with Crippen LogP contribution in [0.4, 0.5) is 0 Å². The van der Waals surface area contributed by atoms with E-state index in [0.717, 1.165) is 49.6 Å². The van der Waals surface area contributed by atoms with E-state index in [4.69, 9.17) is 4.42 Å². The topological polar surface area (TPSA) is 41.3 Å². The van der Waals surface area contributed by atoms with Crippen LogP contribution in [0.1, 0.15) is 17.9 Å². The average Bonchev–Trinajstić information content (AvgIpc) is 2.62. The predicted octanol–water partition coefficient (Wildman–Crippen LogP) is 1.97. The molecule has 0 unspecified atom stereocenters. The highest BCUT2D eigenvalue weighted by Gasteiger charge is 2.09. The van der Waals surface area contributed by atoms with E-state index in [9.17, 15) is 0 Å². The standard InChI is InChI=1S/C15H21N3O/c1-12-17-14-11-13(3-4-15(14)19-12)5-9-18-8-2-6-16-7-10-18/h3-4,11,16H,2,5-10H2,1H3. The van der Waals surface area contributed by atoms with Crippen LogP contribution in [0.15, 0.2) is 22.6 Å². The molecule has 102 valence electrons. The number of oxazole rings is 1. The predicted molar refractivity (Wildman–Crippen MR) is 76.4 cm³/mol. The van der Waals surface area contributed by atoms with E-state index in [1.54, 1.807) is 0 Å². The summed E-state index contributed by atoms with van der Waals surface area (Å²) in [5.74, 6) is 0.741. The van der Waals surface area contributed by atoms with Crippen molar-refractivity contribution in [3.05, 3.63) is 29.7 Å². The van der Waals surface area contributed by atoms with Crippen molar-refractivity contribution in [3.8, 4) is 0 Å². The molecule has 1 aliphatic rings. The lowest BCUT2D eigenvalue weighted by Crippen LogP contribution is -2.30. The number of fused-ring (bicyclic) bond motifs is 1. The molecule has 4 nitrogen and oxygen atoms in total. The molecule has 3 rings (SSSR count). The summed E-state index contributed by atoms with van der Waals surface area (Å²) >= 11 is 0. The molecule has 0 amide bonds. The van der Waals surface area contributed by atoms with Gasteiger partial charge in [-0.2, -0.15) is 0 Å². The molecule has 19 heavy (non-hydrogen) atoms. The van der Waals surface area contributed by atoms with E-state index < -0.39 is 0 Å². The van der Waals surface area contributed by atoms with E-state index in [2.05, 4.69) is 27.3 Å². The zero-order valence-electron chi connectivity index (χ0n) is 11.5. The molecule has 0 spiro atoms. The van der Waals surface area contributed by atoms with Gasteiger partial charge in [0.2, 0.25) is 0 Å². The van der Waals surface area contributed by atoms with E-state index in [0.29, 0.717) is 0 Å². The van der Waals surface area contributed by atoms with Gasteiger partial charge in [0.1, 0.15) is 5.52 Å². The molecule has 1 aliphatic heterocycles. The third kappa shape index (κ3) is 3.14. The summed E-state index contributed by atoms with van der Waals surface area (Å²) in [5.41, 5.74) is 3.21. The molecule has 1 fully saturated rings. The molecular formula is C15H21N3O. The van der Waals surface area contributed by atoms with E-state index >= 15 is 0 Å². The molecule has 2 aromatic rings. The Morgan fingerprint density at radius 2 is 2.26 bits per heavy atom. The van der Waals surface area contributed by atoms with Gasteiger partial charge in [0, 0.05) is 26.6 Å². The number of nitrogens with one attached hydrogen (secondary N) is 1. The lowest BCUT2D eigenvalue weighted by Gasteiger charge is -2.19. The maximum Gasteiger partial charge on any atom is 0.192 e.